The standard InChI is InChI=1S/C14H21NO5S/c1-3-20-14(16)11-19-9-8-15-10-12-4-6-13(7-5-12)21(2,17)18/h4-7,15H,3,8-11H2,1-2H3. The van der Waals surface area contributed by atoms with E-state index < -0.39 is 9.84 Å². The van der Waals surface area contributed by atoms with E-state index in [1.807, 2.05) is 0 Å². The van der Waals surface area contributed by atoms with Gasteiger partial charge in [-0.15, -0.1) is 0 Å². The Morgan fingerprint density at radius 1 is 1.24 bits per heavy atom. The van der Waals surface area contributed by atoms with Gasteiger partial charge in [0.05, 0.1) is 18.1 Å². The van der Waals surface area contributed by atoms with Crippen LogP contribution in [-0.2, 0) is 30.7 Å². The van der Waals surface area contributed by atoms with Crippen LogP contribution in [0.4, 0.5) is 0 Å². The van der Waals surface area contributed by atoms with E-state index in [0.717, 1.165) is 5.56 Å². The van der Waals surface area contributed by atoms with Gasteiger partial charge in [0.2, 0.25) is 0 Å². The Morgan fingerprint density at radius 2 is 1.90 bits per heavy atom. The number of benzene rings is 1. The average Bonchev–Trinajstić information content (AvgIpc) is 2.42. The molecule has 0 bridgehead atoms. The molecule has 1 aromatic carbocycles. The highest BCUT2D eigenvalue weighted by Crippen LogP contribution is 2.09. The molecule has 0 saturated carbocycles. The summed E-state index contributed by atoms with van der Waals surface area (Å²) in [7, 11) is -3.15. The molecule has 7 heteroatoms. The first-order valence-corrected chi connectivity index (χ1v) is 8.55. The quantitative estimate of drug-likeness (QED) is 0.535. The molecule has 0 radical (unpaired) electrons. The molecule has 0 saturated heterocycles. The second-order valence-electron chi connectivity index (χ2n) is 4.45. The average molecular weight is 315 g/mol. The predicted octanol–water partition coefficient (Wildman–Crippen LogP) is 0.759. The first-order valence-electron chi connectivity index (χ1n) is 6.66. The van der Waals surface area contributed by atoms with Crippen LogP contribution in [0.25, 0.3) is 0 Å². The molecular formula is C14H21NO5S. The van der Waals surface area contributed by atoms with Crippen LogP contribution in [0.2, 0.25) is 0 Å². The highest BCUT2D eigenvalue weighted by atomic mass is 32.2. The fourth-order valence-electron chi connectivity index (χ4n) is 1.59. The number of ether oxygens (including phenoxy) is 2. The van der Waals surface area contributed by atoms with Gasteiger partial charge in [0, 0.05) is 19.3 Å². The van der Waals surface area contributed by atoms with Crippen LogP contribution < -0.4 is 5.32 Å². The molecule has 0 fully saturated rings. The number of hydrogen-bond acceptors (Lipinski definition) is 6. The minimum absolute atomic E-state index is 0.0431. The van der Waals surface area contributed by atoms with Crippen molar-refractivity contribution in [3.8, 4) is 0 Å². The molecule has 1 rings (SSSR count). The Morgan fingerprint density at radius 3 is 2.48 bits per heavy atom. The second kappa shape index (κ2) is 8.76. The van der Waals surface area contributed by atoms with Crippen LogP contribution in [-0.4, -0.2) is 47.0 Å². The van der Waals surface area contributed by atoms with E-state index in [2.05, 4.69) is 5.32 Å². The lowest BCUT2D eigenvalue weighted by Gasteiger charge is -2.07. The molecule has 0 aliphatic heterocycles. The zero-order valence-corrected chi connectivity index (χ0v) is 13.1. The molecular weight excluding hydrogens is 294 g/mol. The van der Waals surface area contributed by atoms with Crippen molar-refractivity contribution in [1.29, 1.82) is 0 Å². The van der Waals surface area contributed by atoms with E-state index in [0.29, 0.717) is 31.2 Å². The summed E-state index contributed by atoms with van der Waals surface area (Å²) < 4.78 is 32.5. The van der Waals surface area contributed by atoms with E-state index >= 15 is 0 Å². The number of nitrogens with one attached hydrogen (secondary N) is 1. The number of sulfone groups is 1. The van der Waals surface area contributed by atoms with Gasteiger partial charge >= 0.3 is 5.97 Å². The lowest BCUT2D eigenvalue weighted by molar-refractivity contribution is -0.148. The summed E-state index contributed by atoms with van der Waals surface area (Å²) in [5.41, 5.74) is 0.979. The molecule has 0 aliphatic rings. The van der Waals surface area contributed by atoms with Crippen LogP contribution in [0, 0.1) is 0 Å². The molecule has 0 amide bonds. The lowest BCUT2D eigenvalue weighted by atomic mass is 10.2. The molecule has 0 atom stereocenters. The number of carbonyl (C=O) groups is 1. The molecule has 1 aromatic rings. The van der Waals surface area contributed by atoms with Crippen molar-refractivity contribution in [2.45, 2.75) is 18.4 Å². The summed E-state index contributed by atoms with van der Waals surface area (Å²) in [5.74, 6) is -0.367. The third-order valence-corrected chi connectivity index (χ3v) is 3.76. The van der Waals surface area contributed by atoms with E-state index in [4.69, 9.17) is 9.47 Å². The molecule has 6 nitrogen and oxygen atoms in total. The molecule has 1 N–H and O–H groups in total. The van der Waals surface area contributed by atoms with Crippen molar-refractivity contribution in [3.05, 3.63) is 29.8 Å². The van der Waals surface area contributed by atoms with Crippen LogP contribution >= 0.6 is 0 Å². The Labute approximate surface area is 125 Å². The second-order valence-corrected chi connectivity index (χ2v) is 6.47. The molecule has 0 aromatic heterocycles. The van der Waals surface area contributed by atoms with Gasteiger partial charge in [-0.3, -0.25) is 0 Å². The molecule has 0 aliphatic carbocycles. The third kappa shape index (κ3) is 7.22. The maximum atomic E-state index is 11.3. The molecule has 0 heterocycles. The number of carbonyl (C=O) groups excluding carboxylic acids is 1. The van der Waals surface area contributed by atoms with E-state index in [1.165, 1.54) is 6.26 Å². The van der Waals surface area contributed by atoms with Gasteiger partial charge in [0.1, 0.15) is 6.61 Å². The van der Waals surface area contributed by atoms with Gasteiger partial charge in [-0.2, -0.15) is 0 Å². The first-order chi connectivity index (χ1) is 9.93. The zero-order valence-electron chi connectivity index (χ0n) is 12.3. The van der Waals surface area contributed by atoms with Crippen LogP contribution in [0.3, 0.4) is 0 Å². The smallest absolute Gasteiger partial charge is 0.332 e. The molecule has 118 valence electrons. The summed E-state index contributed by atoms with van der Waals surface area (Å²) in [6, 6.07) is 6.71. The monoisotopic (exact) mass is 315 g/mol. The highest BCUT2D eigenvalue weighted by Gasteiger charge is 2.05. The Hall–Kier alpha value is -1.44. The number of hydrogen-bond donors (Lipinski definition) is 1. The number of rotatable bonds is 9. The molecule has 0 unspecified atom stereocenters. The summed E-state index contributed by atoms with van der Waals surface area (Å²) in [5, 5.41) is 3.14. The Bertz CT molecular complexity index is 539. The van der Waals surface area contributed by atoms with Crippen molar-refractivity contribution >= 4 is 15.8 Å². The fourth-order valence-corrected chi connectivity index (χ4v) is 2.22. The van der Waals surface area contributed by atoms with E-state index in [1.54, 1.807) is 31.2 Å². The SMILES string of the molecule is CCOC(=O)COCCNCc1ccc(S(C)(=O)=O)cc1. The first kappa shape index (κ1) is 17.6. The Kier molecular flexibility index (Phi) is 7.35. The van der Waals surface area contributed by atoms with Crippen molar-refractivity contribution in [1.82, 2.24) is 5.32 Å². The number of esters is 1. The van der Waals surface area contributed by atoms with Crippen molar-refractivity contribution in [3.63, 3.8) is 0 Å². The topological polar surface area (TPSA) is 81.7 Å². The highest BCUT2D eigenvalue weighted by molar-refractivity contribution is 7.90. The Balaban J connectivity index is 2.20. The minimum atomic E-state index is -3.15. The molecule has 21 heavy (non-hydrogen) atoms. The third-order valence-electron chi connectivity index (χ3n) is 2.63. The maximum absolute atomic E-state index is 11.3. The van der Waals surface area contributed by atoms with Gasteiger partial charge in [0.25, 0.3) is 0 Å². The molecule has 0 spiro atoms. The summed E-state index contributed by atoms with van der Waals surface area (Å²) in [6.45, 7) is 3.65. The van der Waals surface area contributed by atoms with Gasteiger partial charge in [-0.25, -0.2) is 13.2 Å². The maximum Gasteiger partial charge on any atom is 0.332 e. The van der Waals surface area contributed by atoms with Gasteiger partial charge in [0.15, 0.2) is 9.84 Å². The van der Waals surface area contributed by atoms with Crippen molar-refractivity contribution < 1.29 is 22.7 Å². The van der Waals surface area contributed by atoms with Crippen LogP contribution in [0.5, 0.6) is 0 Å². The lowest BCUT2D eigenvalue weighted by Crippen LogP contribution is -2.21. The van der Waals surface area contributed by atoms with E-state index in [9.17, 15) is 13.2 Å². The van der Waals surface area contributed by atoms with Crippen molar-refractivity contribution in [2.75, 3.05) is 32.6 Å². The fraction of sp³-hybridized carbons (Fsp3) is 0.500. The zero-order chi connectivity index (χ0) is 15.7. The van der Waals surface area contributed by atoms with Crippen molar-refractivity contribution in [2.24, 2.45) is 0 Å². The van der Waals surface area contributed by atoms with Gasteiger partial charge in [-0.05, 0) is 24.6 Å². The summed E-state index contributed by atoms with van der Waals surface area (Å²) in [4.78, 5) is 11.3. The van der Waals surface area contributed by atoms with Crippen LogP contribution in [0.1, 0.15) is 12.5 Å². The summed E-state index contributed by atoms with van der Waals surface area (Å²) in [6.07, 6.45) is 1.18. The normalized spacial score (nSPS) is 11.3. The largest absolute Gasteiger partial charge is 0.464 e. The predicted molar refractivity (Wildman–Crippen MR) is 78.7 cm³/mol. The van der Waals surface area contributed by atoms with Gasteiger partial charge < -0.3 is 14.8 Å². The van der Waals surface area contributed by atoms with Gasteiger partial charge in [-0.1, -0.05) is 12.1 Å². The summed E-state index contributed by atoms with van der Waals surface area (Å²) >= 11 is 0. The van der Waals surface area contributed by atoms with Crippen LogP contribution in [0.15, 0.2) is 29.2 Å². The minimum Gasteiger partial charge on any atom is -0.464 e. The van der Waals surface area contributed by atoms with E-state index in [-0.39, 0.29) is 12.6 Å².